The van der Waals surface area contributed by atoms with Gasteiger partial charge in [0.1, 0.15) is 43.2 Å². The van der Waals surface area contributed by atoms with E-state index in [4.69, 9.17) is 4.74 Å². The van der Waals surface area contributed by atoms with E-state index in [1.165, 1.54) is 4.90 Å². The Hall–Kier alpha value is -1.72. The Kier molecular flexibility index (Phi) is 3.78. The topological polar surface area (TPSA) is 48.0 Å². The molecule has 0 aromatic carbocycles. The first-order chi connectivity index (χ1) is 10.0. The molecule has 1 fully saturated rings. The van der Waals surface area contributed by atoms with Gasteiger partial charge in [-0.2, -0.15) is 0 Å². The van der Waals surface area contributed by atoms with Gasteiger partial charge in [0.15, 0.2) is 0 Å². The van der Waals surface area contributed by atoms with Crippen LogP contribution in [0.3, 0.4) is 0 Å². The van der Waals surface area contributed by atoms with E-state index in [2.05, 4.69) is 18.8 Å². The summed E-state index contributed by atoms with van der Waals surface area (Å²) < 4.78 is 7.36. The van der Waals surface area contributed by atoms with Crippen molar-refractivity contribution in [3.8, 4) is 0 Å². The summed E-state index contributed by atoms with van der Waals surface area (Å²) in [5, 5.41) is 0. The number of nitrogens with zero attached hydrogens (tertiary/aromatic N) is 2. The quantitative estimate of drug-likeness (QED) is 0.858. The second-order valence-electron chi connectivity index (χ2n) is 6.11. The molecule has 1 aliphatic heterocycles. The minimum absolute atomic E-state index is 0.00698. The van der Waals surface area contributed by atoms with E-state index in [9.17, 15) is 4.79 Å². The molecule has 0 unspecified atom stereocenters. The molecule has 0 radical (unpaired) electrons. The van der Waals surface area contributed by atoms with Crippen LogP contribution in [0.25, 0.3) is 5.65 Å². The van der Waals surface area contributed by atoms with Crippen LogP contribution in [0.15, 0.2) is 29.2 Å². The fourth-order valence-corrected chi connectivity index (χ4v) is 3.14. The normalized spacial score (nSPS) is 26.1. The van der Waals surface area contributed by atoms with Crippen LogP contribution >= 0.6 is 0 Å². The van der Waals surface area contributed by atoms with Gasteiger partial charge in [0.05, 0.1) is 0 Å². The van der Waals surface area contributed by atoms with Crippen molar-refractivity contribution in [1.82, 2.24) is 9.38 Å². The van der Waals surface area contributed by atoms with Crippen LogP contribution in [-0.4, -0.2) is 34.7 Å². The molecule has 5 heteroatoms. The average molecular weight is 288 g/mol. The molecule has 3 heterocycles. The fourth-order valence-electron chi connectivity index (χ4n) is 3.14. The first-order valence-electron chi connectivity index (χ1n) is 7.49. The third-order valence-electron chi connectivity index (χ3n) is 3.91. The molecule has 112 valence electrons. The number of quaternary nitrogens is 1. The number of hydrogen-bond acceptors (Lipinski definition) is 3. The predicted molar refractivity (Wildman–Crippen MR) is 80.6 cm³/mol. The molecule has 1 saturated heterocycles. The monoisotopic (exact) mass is 288 g/mol. The molecule has 3 rings (SSSR count). The van der Waals surface area contributed by atoms with Crippen molar-refractivity contribution in [3.05, 3.63) is 46.0 Å². The molecular formula is C16H22N3O2+. The number of aromatic nitrogens is 2. The Labute approximate surface area is 124 Å². The third-order valence-corrected chi connectivity index (χ3v) is 3.91. The summed E-state index contributed by atoms with van der Waals surface area (Å²) in [6, 6.07) is 5.54. The molecule has 5 nitrogen and oxygen atoms in total. The Morgan fingerprint density at radius 1 is 1.33 bits per heavy atom. The van der Waals surface area contributed by atoms with Gasteiger partial charge in [-0.15, -0.1) is 0 Å². The molecule has 0 bridgehead atoms. The number of aryl methyl sites for hydroxylation is 1. The lowest BCUT2D eigenvalue weighted by atomic mass is 10.2. The number of nitrogens with one attached hydrogen (secondary N) is 1. The highest BCUT2D eigenvalue weighted by Crippen LogP contribution is 2.03. The van der Waals surface area contributed by atoms with E-state index in [0.717, 1.165) is 36.5 Å². The fraction of sp³-hybridized carbons (Fsp3) is 0.500. The highest BCUT2D eigenvalue weighted by atomic mass is 16.5. The number of hydrogen-bond donors (Lipinski definition) is 1. The van der Waals surface area contributed by atoms with Gasteiger partial charge in [0, 0.05) is 12.3 Å². The first kappa shape index (κ1) is 14.2. The Balaban J connectivity index is 1.87. The highest BCUT2D eigenvalue weighted by Gasteiger charge is 2.26. The Morgan fingerprint density at radius 2 is 2.05 bits per heavy atom. The maximum absolute atomic E-state index is 12.2. The number of ether oxygens (including phenoxy) is 1. The standard InChI is InChI=1S/C16H21N3O2/c1-11-4-5-15-17-14(6-16(20)19(15)7-11)10-18-8-12(2)21-13(3)9-18/h4-7,12-13H,8-10H2,1-3H3/p+1/t12-,13-/m1/s1. The molecular weight excluding hydrogens is 266 g/mol. The summed E-state index contributed by atoms with van der Waals surface area (Å²) in [5.41, 5.74) is 2.63. The van der Waals surface area contributed by atoms with E-state index in [1.54, 1.807) is 10.5 Å². The van der Waals surface area contributed by atoms with Gasteiger partial charge in [-0.05, 0) is 32.4 Å². The number of fused-ring (bicyclic) bond motifs is 1. The van der Waals surface area contributed by atoms with Crippen LogP contribution in [0.4, 0.5) is 0 Å². The molecule has 2 aromatic heterocycles. The van der Waals surface area contributed by atoms with Crippen molar-refractivity contribution in [3.63, 3.8) is 0 Å². The van der Waals surface area contributed by atoms with Crippen LogP contribution < -0.4 is 10.5 Å². The second kappa shape index (κ2) is 5.58. The van der Waals surface area contributed by atoms with Crippen LogP contribution in [0.2, 0.25) is 0 Å². The molecule has 21 heavy (non-hydrogen) atoms. The molecule has 1 aliphatic rings. The number of morpholine rings is 1. The minimum Gasteiger partial charge on any atom is -0.364 e. The summed E-state index contributed by atoms with van der Waals surface area (Å²) in [4.78, 5) is 18.3. The summed E-state index contributed by atoms with van der Waals surface area (Å²) >= 11 is 0. The largest absolute Gasteiger partial charge is 0.364 e. The predicted octanol–water partition coefficient (Wildman–Crippen LogP) is 0.195. The van der Waals surface area contributed by atoms with Gasteiger partial charge in [0.25, 0.3) is 5.56 Å². The van der Waals surface area contributed by atoms with Crippen LogP contribution in [-0.2, 0) is 11.3 Å². The lowest BCUT2D eigenvalue weighted by Gasteiger charge is -2.32. The van der Waals surface area contributed by atoms with Crippen molar-refractivity contribution in [1.29, 1.82) is 0 Å². The molecule has 2 aromatic rings. The summed E-state index contributed by atoms with van der Waals surface area (Å²) in [7, 11) is 0. The van der Waals surface area contributed by atoms with Crippen molar-refractivity contribution in [2.75, 3.05) is 13.1 Å². The van der Waals surface area contributed by atoms with Crippen molar-refractivity contribution >= 4 is 5.65 Å². The number of rotatable bonds is 2. The summed E-state index contributed by atoms with van der Waals surface area (Å²) in [6.07, 6.45) is 2.35. The molecule has 2 atom stereocenters. The molecule has 0 amide bonds. The zero-order valence-electron chi connectivity index (χ0n) is 12.8. The zero-order valence-corrected chi connectivity index (χ0v) is 12.8. The third kappa shape index (κ3) is 3.14. The van der Waals surface area contributed by atoms with E-state index in [-0.39, 0.29) is 17.8 Å². The van der Waals surface area contributed by atoms with Gasteiger partial charge in [-0.3, -0.25) is 9.20 Å². The van der Waals surface area contributed by atoms with Crippen LogP contribution in [0.1, 0.15) is 25.1 Å². The van der Waals surface area contributed by atoms with Crippen LogP contribution in [0.5, 0.6) is 0 Å². The Morgan fingerprint density at radius 3 is 2.76 bits per heavy atom. The maximum Gasteiger partial charge on any atom is 0.258 e. The van der Waals surface area contributed by atoms with E-state index in [1.807, 2.05) is 25.3 Å². The average Bonchev–Trinajstić information content (AvgIpc) is 2.38. The molecule has 0 aliphatic carbocycles. The summed E-state index contributed by atoms with van der Waals surface area (Å²) in [5.74, 6) is 0. The van der Waals surface area contributed by atoms with Crippen molar-refractivity contribution < 1.29 is 9.64 Å². The lowest BCUT2D eigenvalue weighted by molar-refractivity contribution is -0.928. The summed E-state index contributed by atoms with van der Waals surface area (Å²) in [6.45, 7) is 8.86. The Bertz CT molecular complexity index is 700. The minimum atomic E-state index is -0.00698. The van der Waals surface area contributed by atoms with E-state index >= 15 is 0 Å². The van der Waals surface area contributed by atoms with Gasteiger partial charge >= 0.3 is 0 Å². The molecule has 0 saturated carbocycles. The van der Waals surface area contributed by atoms with Crippen LogP contribution in [0, 0.1) is 6.92 Å². The van der Waals surface area contributed by atoms with Gasteiger partial charge in [-0.25, -0.2) is 4.98 Å². The maximum atomic E-state index is 12.2. The first-order valence-corrected chi connectivity index (χ1v) is 7.49. The smallest absolute Gasteiger partial charge is 0.258 e. The van der Waals surface area contributed by atoms with E-state index < -0.39 is 0 Å². The zero-order chi connectivity index (χ0) is 15.0. The second-order valence-corrected chi connectivity index (χ2v) is 6.11. The molecule has 1 N–H and O–H groups in total. The van der Waals surface area contributed by atoms with Crippen molar-refractivity contribution in [2.24, 2.45) is 0 Å². The number of pyridine rings is 1. The van der Waals surface area contributed by atoms with E-state index in [0.29, 0.717) is 0 Å². The van der Waals surface area contributed by atoms with Crippen molar-refractivity contribution in [2.45, 2.75) is 39.5 Å². The van der Waals surface area contributed by atoms with Gasteiger partial charge in [0.2, 0.25) is 0 Å². The lowest BCUT2D eigenvalue weighted by Crippen LogP contribution is -3.14. The SMILES string of the molecule is Cc1ccc2nc(C[NH+]3C[C@@H](C)O[C@H](C)C3)cc(=O)n2c1. The van der Waals surface area contributed by atoms with Gasteiger partial charge in [-0.1, -0.05) is 6.07 Å². The van der Waals surface area contributed by atoms with Gasteiger partial charge < -0.3 is 9.64 Å². The highest BCUT2D eigenvalue weighted by molar-refractivity contribution is 5.39. The molecule has 0 spiro atoms.